The first-order valence-corrected chi connectivity index (χ1v) is 6.05. The van der Waals surface area contributed by atoms with Gasteiger partial charge >= 0.3 is 5.97 Å². The molecule has 0 saturated heterocycles. The molecule has 19 heavy (non-hydrogen) atoms. The fourth-order valence-corrected chi connectivity index (χ4v) is 2.38. The van der Waals surface area contributed by atoms with E-state index in [0.717, 1.165) is 22.2 Å². The van der Waals surface area contributed by atoms with Crippen molar-refractivity contribution in [3.63, 3.8) is 0 Å². The van der Waals surface area contributed by atoms with E-state index in [1.165, 1.54) is 0 Å². The van der Waals surface area contributed by atoms with E-state index in [0.29, 0.717) is 5.56 Å². The normalized spacial score (nSPS) is 10.8. The van der Waals surface area contributed by atoms with Gasteiger partial charge in [0.05, 0.1) is 5.56 Å². The van der Waals surface area contributed by atoms with E-state index in [1.807, 2.05) is 25.2 Å². The first-order chi connectivity index (χ1) is 9.16. The van der Waals surface area contributed by atoms with Crippen molar-refractivity contribution in [3.05, 3.63) is 60.2 Å². The number of carboxylic acids is 1. The maximum Gasteiger partial charge on any atom is 0.335 e. The number of hydrogen-bond acceptors (Lipinski definition) is 1. The number of aryl methyl sites for hydroxylation is 1. The zero-order valence-electron chi connectivity index (χ0n) is 10.5. The van der Waals surface area contributed by atoms with Crippen LogP contribution < -0.4 is 0 Å². The summed E-state index contributed by atoms with van der Waals surface area (Å²) in [5, 5.41) is 10.2. The molecule has 3 rings (SSSR count). The Bertz CT molecular complexity index is 771. The van der Waals surface area contributed by atoms with Crippen molar-refractivity contribution < 1.29 is 9.90 Å². The van der Waals surface area contributed by atoms with Crippen LogP contribution in [0.3, 0.4) is 0 Å². The molecule has 3 heteroatoms. The fraction of sp³-hybridized carbons (Fsp3) is 0.0625. The Morgan fingerprint density at radius 1 is 1.05 bits per heavy atom. The van der Waals surface area contributed by atoms with Gasteiger partial charge < -0.3 is 9.67 Å². The average molecular weight is 251 g/mol. The van der Waals surface area contributed by atoms with Gasteiger partial charge in [-0.1, -0.05) is 30.3 Å². The molecule has 0 unspecified atom stereocenters. The van der Waals surface area contributed by atoms with Gasteiger partial charge in [0.1, 0.15) is 0 Å². The molecule has 1 heterocycles. The molecule has 0 aliphatic carbocycles. The number of carbonyl (C=O) groups is 1. The van der Waals surface area contributed by atoms with Gasteiger partial charge in [-0.05, 0) is 29.8 Å². The van der Waals surface area contributed by atoms with Crippen molar-refractivity contribution in [2.45, 2.75) is 0 Å². The Kier molecular flexibility index (Phi) is 2.60. The van der Waals surface area contributed by atoms with E-state index < -0.39 is 5.97 Å². The van der Waals surface area contributed by atoms with Gasteiger partial charge in [0.15, 0.2) is 0 Å². The maximum atomic E-state index is 11.0. The summed E-state index contributed by atoms with van der Waals surface area (Å²) in [6, 6.07) is 17.2. The molecule has 0 amide bonds. The molecule has 0 spiro atoms. The summed E-state index contributed by atoms with van der Waals surface area (Å²) in [6.07, 6.45) is 0. The third kappa shape index (κ3) is 1.89. The Labute approximate surface area is 110 Å². The molecule has 2 aromatic carbocycles. The summed E-state index contributed by atoms with van der Waals surface area (Å²) >= 11 is 0. The second kappa shape index (κ2) is 4.28. The van der Waals surface area contributed by atoms with E-state index in [-0.39, 0.29) is 0 Å². The molecule has 1 N–H and O–H groups in total. The minimum absolute atomic E-state index is 0.308. The van der Waals surface area contributed by atoms with Crippen molar-refractivity contribution in [1.82, 2.24) is 4.57 Å². The minimum Gasteiger partial charge on any atom is -0.478 e. The van der Waals surface area contributed by atoms with Gasteiger partial charge in [-0.3, -0.25) is 0 Å². The number of hydrogen-bond donors (Lipinski definition) is 1. The van der Waals surface area contributed by atoms with E-state index in [2.05, 4.69) is 22.8 Å². The standard InChI is InChI=1S/C16H13NO2/c1-17-14-8-3-2-5-12(14)10-15(17)11-6-4-7-13(9-11)16(18)19/h2-10H,1H3,(H,18,19). The largest absolute Gasteiger partial charge is 0.478 e. The smallest absolute Gasteiger partial charge is 0.335 e. The van der Waals surface area contributed by atoms with E-state index in [4.69, 9.17) is 5.11 Å². The zero-order chi connectivity index (χ0) is 13.4. The highest BCUT2D eigenvalue weighted by atomic mass is 16.4. The highest BCUT2D eigenvalue weighted by Gasteiger charge is 2.09. The van der Waals surface area contributed by atoms with Crippen LogP contribution in [0.2, 0.25) is 0 Å². The quantitative estimate of drug-likeness (QED) is 0.756. The lowest BCUT2D eigenvalue weighted by Gasteiger charge is -2.05. The number of carboxylic acid groups (broad SMARTS) is 1. The van der Waals surface area contributed by atoms with Gasteiger partial charge in [0.2, 0.25) is 0 Å². The number of rotatable bonds is 2. The molecule has 0 bridgehead atoms. The summed E-state index contributed by atoms with van der Waals surface area (Å²) in [5.41, 5.74) is 3.38. The lowest BCUT2D eigenvalue weighted by molar-refractivity contribution is 0.0697. The van der Waals surface area contributed by atoms with Crippen LogP contribution in [0.1, 0.15) is 10.4 Å². The summed E-state index contributed by atoms with van der Waals surface area (Å²) in [6.45, 7) is 0. The number of fused-ring (bicyclic) bond motifs is 1. The van der Waals surface area contributed by atoms with E-state index >= 15 is 0 Å². The van der Waals surface area contributed by atoms with E-state index in [1.54, 1.807) is 18.2 Å². The van der Waals surface area contributed by atoms with Crippen LogP contribution in [0.4, 0.5) is 0 Å². The Morgan fingerprint density at radius 2 is 1.84 bits per heavy atom. The molecule has 0 aliphatic heterocycles. The van der Waals surface area contributed by atoms with Crippen LogP contribution in [0.15, 0.2) is 54.6 Å². The lowest BCUT2D eigenvalue weighted by Crippen LogP contribution is -1.97. The molecule has 0 radical (unpaired) electrons. The SMILES string of the molecule is Cn1c(-c2cccc(C(=O)O)c2)cc2ccccc21. The first-order valence-electron chi connectivity index (χ1n) is 6.05. The van der Waals surface area contributed by atoms with Crippen LogP contribution in [-0.4, -0.2) is 15.6 Å². The Hall–Kier alpha value is -2.55. The maximum absolute atomic E-state index is 11.0. The number of aromatic carboxylic acids is 1. The van der Waals surface area contributed by atoms with Crippen molar-refractivity contribution in [1.29, 1.82) is 0 Å². The third-order valence-electron chi connectivity index (χ3n) is 3.36. The first kappa shape index (κ1) is 11.5. The molecule has 0 saturated carbocycles. The molecular formula is C16H13NO2. The van der Waals surface area contributed by atoms with Gasteiger partial charge in [-0.25, -0.2) is 4.79 Å². The predicted octanol–water partition coefficient (Wildman–Crippen LogP) is 3.54. The van der Waals surface area contributed by atoms with E-state index in [9.17, 15) is 4.79 Å². The second-order valence-electron chi connectivity index (χ2n) is 4.53. The van der Waals surface area contributed by atoms with Crippen molar-refractivity contribution in [2.75, 3.05) is 0 Å². The van der Waals surface area contributed by atoms with Crippen LogP contribution in [-0.2, 0) is 7.05 Å². The number of nitrogens with zero attached hydrogens (tertiary/aromatic N) is 1. The molecular weight excluding hydrogens is 238 g/mol. The molecule has 94 valence electrons. The Balaban J connectivity index is 2.21. The third-order valence-corrected chi connectivity index (χ3v) is 3.36. The van der Waals surface area contributed by atoms with Crippen LogP contribution in [0, 0.1) is 0 Å². The molecule has 1 aromatic heterocycles. The number of benzene rings is 2. The van der Waals surface area contributed by atoms with Crippen LogP contribution >= 0.6 is 0 Å². The van der Waals surface area contributed by atoms with Gasteiger partial charge in [0.25, 0.3) is 0 Å². The van der Waals surface area contributed by atoms with Gasteiger partial charge in [-0.2, -0.15) is 0 Å². The van der Waals surface area contributed by atoms with Crippen LogP contribution in [0.5, 0.6) is 0 Å². The van der Waals surface area contributed by atoms with Crippen molar-refractivity contribution in [3.8, 4) is 11.3 Å². The average Bonchev–Trinajstić information content (AvgIpc) is 2.77. The van der Waals surface area contributed by atoms with Crippen molar-refractivity contribution >= 4 is 16.9 Å². The molecule has 3 aromatic rings. The molecule has 0 atom stereocenters. The molecule has 3 nitrogen and oxygen atoms in total. The highest BCUT2D eigenvalue weighted by molar-refractivity contribution is 5.91. The lowest BCUT2D eigenvalue weighted by atomic mass is 10.1. The topological polar surface area (TPSA) is 42.2 Å². The molecule has 0 aliphatic rings. The monoisotopic (exact) mass is 251 g/mol. The summed E-state index contributed by atoms with van der Waals surface area (Å²) in [7, 11) is 1.99. The van der Waals surface area contributed by atoms with Gasteiger partial charge in [0, 0.05) is 23.6 Å². The number of para-hydroxylation sites is 1. The number of aromatic nitrogens is 1. The summed E-state index contributed by atoms with van der Waals surface area (Å²) in [4.78, 5) is 11.0. The summed E-state index contributed by atoms with van der Waals surface area (Å²) < 4.78 is 2.08. The predicted molar refractivity (Wildman–Crippen MR) is 75.3 cm³/mol. The zero-order valence-corrected chi connectivity index (χ0v) is 10.5. The second-order valence-corrected chi connectivity index (χ2v) is 4.53. The molecule has 0 fully saturated rings. The van der Waals surface area contributed by atoms with Crippen molar-refractivity contribution in [2.24, 2.45) is 7.05 Å². The fourth-order valence-electron chi connectivity index (χ4n) is 2.38. The van der Waals surface area contributed by atoms with Gasteiger partial charge in [-0.15, -0.1) is 0 Å². The summed E-state index contributed by atoms with van der Waals surface area (Å²) in [5.74, 6) is -0.902. The highest BCUT2D eigenvalue weighted by Crippen LogP contribution is 2.27. The Morgan fingerprint density at radius 3 is 2.58 bits per heavy atom. The van der Waals surface area contributed by atoms with Crippen LogP contribution in [0.25, 0.3) is 22.2 Å². The minimum atomic E-state index is -0.902.